The van der Waals surface area contributed by atoms with Gasteiger partial charge in [-0.25, -0.2) is 0 Å². The van der Waals surface area contributed by atoms with E-state index in [9.17, 15) is 33.3 Å². The number of anilines is 1. The average molecular weight is 538 g/mol. The van der Waals surface area contributed by atoms with Crippen molar-refractivity contribution < 1.29 is 27.5 Å². The number of halogens is 3. The second-order valence-corrected chi connectivity index (χ2v) is 9.27. The van der Waals surface area contributed by atoms with Crippen LogP contribution in [0.15, 0.2) is 59.8 Å². The van der Waals surface area contributed by atoms with Gasteiger partial charge in [-0.3, -0.25) is 19.4 Å². The highest BCUT2D eigenvalue weighted by Crippen LogP contribution is 2.43. The summed E-state index contributed by atoms with van der Waals surface area (Å²) < 4.78 is 45.7. The Morgan fingerprint density at radius 3 is 2.41 bits per heavy atom. The van der Waals surface area contributed by atoms with Crippen LogP contribution in [0.4, 0.5) is 18.9 Å². The summed E-state index contributed by atoms with van der Waals surface area (Å²) in [6.07, 6.45) is -4.65. The molecule has 0 radical (unpaired) electrons. The van der Waals surface area contributed by atoms with Crippen LogP contribution in [0, 0.1) is 28.6 Å². The Hall–Kier alpha value is -4.19. The fourth-order valence-corrected chi connectivity index (χ4v) is 4.91. The number of ether oxygens (including phenoxy) is 1. The summed E-state index contributed by atoms with van der Waals surface area (Å²) in [6, 6.07) is 14.5. The van der Waals surface area contributed by atoms with Gasteiger partial charge < -0.3 is 10.1 Å². The Morgan fingerprint density at radius 2 is 1.79 bits per heavy atom. The SMILES string of the molecule is CC1=C(C#N)C(c2ccc(C#N)cc2)C(C(=O)NCCN2CCOCC2)C(=O)N1c1cccc(C(F)(F)F)c1. The molecule has 8 nitrogen and oxygen atoms in total. The minimum absolute atomic E-state index is 0.0741. The maximum absolute atomic E-state index is 13.9. The number of hydrogen-bond acceptors (Lipinski definition) is 6. The molecule has 11 heteroatoms. The van der Waals surface area contributed by atoms with Gasteiger partial charge in [0.2, 0.25) is 11.8 Å². The molecule has 2 atom stereocenters. The van der Waals surface area contributed by atoms with E-state index in [2.05, 4.69) is 16.3 Å². The van der Waals surface area contributed by atoms with Crippen molar-refractivity contribution in [3.63, 3.8) is 0 Å². The maximum atomic E-state index is 13.9. The highest BCUT2D eigenvalue weighted by atomic mass is 19.4. The molecule has 2 aromatic carbocycles. The van der Waals surface area contributed by atoms with Crippen LogP contribution >= 0.6 is 0 Å². The lowest BCUT2D eigenvalue weighted by molar-refractivity contribution is -0.138. The van der Waals surface area contributed by atoms with Gasteiger partial charge in [0, 0.05) is 43.5 Å². The molecule has 39 heavy (non-hydrogen) atoms. The van der Waals surface area contributed by atoms with Crippen molar-refractivity contribution >= 4 is 17.5 Å². The molecule has 1 saturated heterocycles. The van der Waals surface area contributed by atoms with Crippen LogP contribution in [0.2, 0.25) is 0 Å². The Balaban J connectivity index is 1.74. The summed E-state index contributed by atoms with van der Waals surface area (Å²) >= 11 is 0. The average Bonchev–Trinajstić information content (AvgIpc) is 2.93. The molecule has 202 valence electrons. The Bertz CT molecular complexity index is 1350. The number of amides is 2. The van der Waals surface area contributed by atoms with E-state index in [0.29, 0.717) is 44.0 Å². The number of benzene rings is 2. The molecule has 2 unspecified atom stereocenters. The number of morpholine rings is 1. The van der Waals surface area contributed by atoms with Gasteiger partial charge in [-0.05, 0) is 42.8 Å². The van der Waals surface area contributed by atoms with Crippen LogP contribution in [0.5, 0.6) is 0 Å². The van der Waals surface area contributed by atoms with Gasteiger partial charge >= 0.3 is 6.18 Å². The summed E-state index contributed by atoms with van der Waals surface area (Å²) in [5.74, 6) is -3.79. The third-order valence-electron chi connectivity index (χ3n) is 6.92. The summed E-state index contributed by atoms with van der Waals surface area (Å²) in [5.41, 5.74) is -0.0182. The summed E-state index contributed by atoms with van der Waals surface area (Å²) in [5, 5.41) is 22.1. The van der Waals surface area contributed by atoms with Crippen molar-refractivity contribution in [2.24, 2.45) is 5.92 Å². The number of nitrogens with zero attached hydrogens (tertiary/aromatic N) is 4. The van der Waals surface area contributed by atoms with Crippen molar-refractivity contribution in [3.05, 3.63) is 76.5 Å². The van der Waals surface area contributed by atoms with Crippen molar-refractivity contribution in [1.29, 1.82) is 10.5 Å². The number of allylic oxidation sites excluding steroid dienone is 2. The molecule has 0 aromatic heterocycles. The molecular weight excluding hydrogens is 511 g/mol. The number of nitrogens with one attached hydrogen (secondary N) is 1. The van der Waals surface area contributed by atoms with Gasteiger partial charge in [0.05, 0.1) is 42.1 Å². The van der Waals surface area contributed by atoms with Crippen LogP contribution in [0.25, 0.3) is 0 Å². The first kappa shape index (κ1) is 27.8. The maximum Gasteiger partial charge on any atom is 0.416 e. The molecule has 0 saturated carbocycles. The fourth-order valence-electron chi connectivity index (χ4n) is 4.91. The second kappa shape index (κ2) is 11.7. The second-order valence-electron chi connectivity index (χ2n) is 9.27. The van der Waals surface area contributed by atoms with Gasteiger partial charge in [-0.15, -0.1) is 0 Å². The van der Waals surface area contributed by atoms with E-state index >= 15 is 0 Å². The van der Waals surface area contributed by atoms with Crippen LogP contribution in [0.1, 0.15) is 29.5 Å². The number of hydrogen-bond donors (Lipinski definition) is 1. The van der Waals surface area contributed by atoms with E-state index < -0.39 is 35.4 Å². The van der Waals surface area contributed by atoms with E-state index in [4.69, 9.17) is 4.74 Å². The summed E-state index contributed by atoms with van der Waals surface area (Å²) in [4.78, 5) is 30.6. The first-order valence-electron chi connectivity index (χ1n) is 12.4. The standard InChI is InChI=1S/C28H26F3N5O3/c1-18-23(17-33)24(20-7-5-19(16-32)6-8-20)25(26(37)34-9-10-35-11-13-39-14-12-35)27(38)36(18)22-4-2-3-21(15-22)28(29,30)31/h2-8,15,24-25H,9-14H2,1H3,(H,34,37). The molecule has 2 aliphatic heterocycles. The number of nitriles is 2. The molecule has 2 aromatic rings. The van der Waals surface area contributed by atoms with Crippen molar-refractivity contribution in [1.82, 2.24) is 10.2 Å². The molecule has 2 aliphatic rings. The molecule has 0 spiro atoms. The first-order valence-corrected chi connectivity index (χ1v) is 12.4. The topological polar surface area (TPSA) is 109 Å². The molecule has 1 N–H and O–H groups in total. The van der Waals surface area contributed by atoms with Gasteiger partial charge in [0.25, 0.3) is 0 Å². The Kier molecular flexibility index (Phi) is 8.34. The highest BCUT2D eigenvalue weighted by Gasteiger charge is 2.46. The number of carbonyl (C=O) groups is 2. The van der Waals surface area contributed by atoms with Crippen LogP contribution in [0.3, 0.4) is 0 Å². The van der Waals surface area contributed by atoms with Gasteiger partial charge in [-0.1, -0.05) is 18.2 Å². The monoisotopic (exact) mass is 537 g/mol. The molecule has 2 heterocycles. The van der Waals surface area contributed by atoms with Crippen LogP contribution in [-0.2, 0) is 20.5 Å². The Labute approximate surface area is 223 Å². The quantitative estimate of drug-likeness (QED) is 0.565. The minimum atomic E-state index is -4.65. The smallest absolute Gasteiger partial charge is 0.379 e. The zero-order valence-electron chi connectivity index (χ0n) is 21.2. The van der Waals surface area contributed by atoms with Crippen molar-refractivity contribution in [2.45, 2.75) is 19.0 Å². The van der Waals surface area contributed by atoms with E-state index in [0.717, 1.165) is 17.0 Å². The molecule has 1 fully saturated rings. The first-order chi connectivity index (χ1) is 18.7. The number of carbonyl (C=O) groups excluding carboxylic acids is 2. The largest absolute Gasteiger partial charge is 0.416 e. The third-order valence-corrected chi connectivity index (χ3v) is 6.92. The normalized spacial score (nSPS) is 20.4. The van der Waals surface area contributed by atoms with Crippen molar-refractivity contribution in [2.75, 3.05) is 44.3 Å². The zero-order chi connectivity index (χ0) is 28.2. The van der Waals surface area contributed by atoms with Crippen LogP contribution < -0.4 is 10.2 Å². The zero-order valence-corrected chi connectivity index (χ0v) is 21.2. The van der Waals surface area contributed by atoms with Gasteiger partial charge in [0.15, 0.2) is 0 Å². The number of alkyl halides is 3. The highest BCUT2D eigenvalue weighted by molar-refractivity contribution is 6.12. The molecule has 0 aliphatic carbocycles. The summed E-state index contributed by atoms with van der Waals surface area (Å²) in [6.45, 7) is 4.80. The van der Waals surface area contributed by atoms with Crippen LogP contribution in [-0.4, -0.2) is 56.1 Å². The lowest BCUT2D eigenvalue weighted by Gasteiger charge is -2.38. The van der Waals surface area contributed by atoms with E-state index in [-0.39, 0.29) is 23.5 Å². The molecule has 2 amide bonds. The minimum Gasteiger partial charge on any atom is -0.379 e. The Morgan fingerprint density at radius 1 is 1.10 bits per heavy atom. The van der Waals surface area contributed by atoms with Crippen molar-refractivity contribution in [3.8, 4) is 12.1 Å². The third kappa shape index (κ3) is 5.95. The van der Waals surface area contributed by atoms with E-state index in [1.807, 2.05) is 6.07 Å². The van der Waals surface area contributed by atoms with Gasteiger partial charge in [-0.2, -0.15) is 23.7 Å². The summed E-state index contributed by atoms with van der Waals surface area (Å²) in [7, 11) is 0. The van der Waals surface area contributed by atoms with Gasteiger partial charge in [0.1, 0.15) is 5.92 Å². The molecule has 4 rings (SSSR count). The van der Waals surface area contributed by atoms with E-state index in [1.165, 1.54) is 31.2 Å². The number of rotatable bonds is 6. The predicted octanol–water partition coefficient (Wildman–Crippen LogP) is 3.57. The fraction of sp³-hybridized carbons (Fsp3) is 0.357. The van der Waals surface area contributed by atoms with E-state index in [1.54, 1.807) is 12.1 Å². The lowest BCUT2D eigenvalue weighted by atomic mass is 9.75. The predicted molar refractivity (Wildman–Crippen MR) is 135 cm³/mol. The lowest BCUT2D eigenvalue weighted by Crippen LogP contribution is -2.51. The molecule has 0 bridgehead atoms. The molecular formula is C28H26F3N5O3.